The molecule has 0 amide bonds. The first-order valence-corrected chi connectivity index (χ1v) is 8.04. The summed E-state index contributed by atoms with van der Waals surface area (Å²) in [5, 5.41) is 5.45. The summed E-state index contributed by atoms with van der Waals surface area (Å²) in [6.45, 7) is 0. The summed E-state index contributed by atoms with van der Waals surface area (Å²) < 4.78 is 16.3. The third kappa shape index (κ3) is 3.34. The average Bonchev–Trinajstić information content (AvgIpc) is 2.67. The molecule has 1 N–H and O–H groups in total. The predicted molar refractivity (Wildman–Crippen MR) is 102 cm³/mol. The Morgan fingerprint density at radius 3 is 2.50 bits per heavy atom. The smallest absolute Gasteiger partial charge is 0.204 e. The molecule has 3 rings (SSSR count). The Morgan fingerprint density at radius 2 is 1.81 bits per heavy atom. The van der Waals surface area contributed by atoms with Gasteiger partial charge in [0.15, 0.2) is 17.3 Å². The topological polar surface area (TPSA) is 77.9 Å². The van der Waals surface area contributed by atoms with Crippen LogP contribution in [0.15, 0.2) is 41.8 Å². The maximum Gasteiger partial charge on any atom is 0.204 e. The van der Waals surface area contributed by atoms with Gasteiger partial charge in [0.2, 0.25) is 5.75 Å². The van der Waals surface area contributed by atoms with Gasteiger partial charge in [-0.3, -0.25) is 5.43 Å². The van der Waals surface area contributed by atoms with Crippen LogP contribution in [0, 0.1) is 0 Å². The minimum absolute atomic E-state index is 0.454. The highest BCUT2D eigenvalue weighted by Crippen LogP contribution is 2.44. The van der Waals surface area contributed by atoms with Gasteiger partial charge < -0.3 is 14.2 Å². The number of nitrogens with one attached hydrogen (secondary N) is 1. The molecule has 26 heavy (non-hydrogen) atoms. The molecule has 0 saturated heterocycles. The van der Waals surface area contributed by atoms with Crippen molar-refractivity contribution in [3.8, 4) is 17.2 Å². The highest BCUT2D eigenvalue weighted by atomic mass is 35.5. The van der Waals surface area contributed by atoms with E-state index < -0.39 is 0 Å². The first-order valence-electron chi connectivity index (χ1n) is 7.66. The van der Waals surface area contributed by atoms with Crippen LogP contribution in [0.3, 0.4) is 0 Å². The Bertz CT molecular complexity index is 963. The number of benzene rings is 2. The van der Waals surface area contributed by atoms with E-state index in [0.717, 1.165) is 5.56 Å². The molecule has 8 heteroatoms. The van der Waals surface area contributed by atoms with Crippen molar-refractivity contribution in [2.24, 2.45) is 5.10 Å². The first-order chi connectivity index (χ1) is 12.7. The third-order valence-corrected chi connectivity index (χ3v) is 4.05. The van der Waals surface area contributed by atoms with Crippen LogP contribution >= 0.6 is 11.6 Å². The minimum Gasteiger partial charge on any atom is -0.493 e. The van der Waals surface area contributed by atoms with Gasteiger partial charge in [-0.15, -0.1) is 0 Å². The molecule has 1 aromatic heterocycles. The van der Waals surface area contributed by atoms with E-state index in [1.165, 1.54) is 6.33 Å². The van der Waals surface area contributed by atoms with Crippen molar-refractivity contribution in [1.29, 1.82) is 0 Å². The Balaban J connectivity index is 2.05. The third-order valence-electron chi connectivity index (χ3n) is 3.71. The van der Waals surface area contributed by atoms with Gasteiger partial charge in [-0.25, -0.2) is 9.97 Å². The van der Waals surface area contributed by atoms with Gasteiger partial charge in [0.25, 0.3) is 0 Å². The van der Waals surface area contributed by atoms with Crippen molar-refractivity contribution in [3.63, 3.8) is 0 Å². The molecule has 0 radical (unpaired) electrons. The fraction of sp³-hybridized carbons (Fsp3) is 0.167. The number of anilines is 1. The molecule has 0 saturated carbocycles. The van der Waals surface area contributed by atoms with Crippen molar-refractivity contribution in [1.82, 2.24) is 9.97 Å². The molecule has 7 nitrogen and oxygen atoms in total. The lowest BCUT2D eigenvalue weighted by Crippen LogP contribution is -2.01. The molecule has 1 heterocycles. The summed E-state index contributed by atoms with van der Waals surface area (Å²) in [5.41, 5.74) is 4.32. The van der Waals surface area contributed by atoms with Crippen molar-refractivity contribution < 1.29 is 14.2 Å². The van der Waals surface area contributed by atoms with Gasteiger partial charge in [0.1, 0.15) is 6.33 Å². The van der Waals surface area contributed by atoms with Gasteiger partial charge in [0.05, 0.1) is 38.4 Å². The van der Waals surface area contributed by atoms with E-state index in [9.17, 15) is 0 Å². The molecule has 0 bridgehead atoms. The van der Waals surface area contributed by atoms with Gasteiger partial charge in [-0.05, 0) is 6.07 Å². The number of hydrogen-bond donors (Lipinski definition) is 1. The molecule has 0 unspecified atom stereocenters. The molecule has 134 valence electrons. The lowest BCUT2D eigenvalue weighted by atomic mass is 10.2. The molecule has 0 fully saturated rings. The summed E-state index contributed by atoms with van der Waals surface area (Å²) in [5.74, 6) is 1.89. The molecular weight excluding hydrogens is 356 g/mol. The molecule has 3 aromatic rings. The second kappa shape index (κ2) is 7.88. The monoisotopic (exact) mass is 372 g/mol. The Kier molecular flexibility index (Phi) is 5.38. The van der Waals surface area contributed by atoms with E-state index >= 15 is 0 Å². The standard InChI is InChI=1S/C18H17ClN4O3/c1-24-14-8-13-15(17(26-3)16(14)25-2)18(21-10-20-13)23-22-9-11-6-4-5-7-12(11)19/h4-10H,1-3H3,(H,20,21,23)/b22-9+. The van der Waals surface area contributed by atoms with Crippen LogP contribution in [0.4, 0.5) is 5.82 Å². The molecule has 0 aliphatic rings. The van der Waals surface area contributed by atoms with Gasteiger partial charge >= 0.3 is 0 Å². The second-order valence-electron chi connectivity index (χ2n) is 5.15. The van der Waals surface area contributed by atoms with Crippen LogP contribution in [-0.2, 0) is 0 Å². The van der Waals surface area contributed by atoms with Crippen molar-refractivity contribution in [2.45, 2.75) is 0 Å². The second-order valence-corrected chi connectivity index (χ2v) is 5.56. The Morgan fingerprint density at radius 1 is 1.04 bits per heavy atom. The summed E-state index contributed by atoms with van der Waals surface area (Å²) in [4.78, 5) is 8.53. The van der Waals surface area contributed by atoms with E-state index in [2.05, 4.69) is 20.5 Å². The van der Waals surface area contributed by atoms with Crippen LogP contribution in [0.25, 0.3) is 10.9 Å². The number of ether oxygens (including phenoxy) is 3. The number of rotatable bonds is 6. The van der Waals surface area contributed by atoms with Crippen LogP contribution in [0.2, 0.25) is 5.02 Å². The summed E-state index contributed by atoms with van der Waals surface area (Å²) in [6.07, 6.45) is 3.05. The molecule has 0 atom stereocenters. The number of methoxy groups -OCH3 is 3. The van der Waals surface area contributed by atoms with E-state index in [1.807, 2.05) is 18.2 Å². The maximum absolute atomic E-state index is 6.13. The number of aromatic nitrogens is 2. The lowest BCUT2D eigenvalue weighted by molar-refractivity contribution is 0.327. The number of hydrazone groups is 1. The first kappa shape index (κ1) is 17.8. The van der Waals surface area contributed by atoms with Crippen molar-refractivity contribution >= 4 is 34.5 Å². The maximum atomic E-state index is 6.13. The Labute approximate surface area is 155 Å². The summed E-state index contributed by atoms with van der Waals surface area (Å²) in [7, 11) is 4.64. The van der Waals surface area contributed by atoms with E-state index in [4.69, 9.17) is 25.8 Å². The van der Waals surface area contributed by atoms with Gasteiger partial charge in [-0.1, -0.05) is 29.8 Å². The van der Waals surface area contributed by atoms with E-state index in [1.54, 1.807) is 39.7 Å². The van der Waals surface area contributed by atoms with Crippen LogP contribution in [0.1, 0.15) is 5.56 Å². The lowest BCUT2D eigenvalue weighted by Gasteiger charge is -2.15. The number of halogens is 1. The number of fused-ring (bicyclic) bond motifs is 1. The van der Waals surface area contributed by atoms with Crippen molar-refractivity contribution in [2.75, 3.05) is 26.8 Å². The van der Waals surface area contributed by atoms with E-state index in [-0.39, 0.29) is 0 Å². The number of hydrogen-bond acceptors (Lipinski definition) is 7. The van der Waals surface area contributed by atoms with Crippen LogP contribution in [-0.4, -0.2) is 37.5 Å². The zero-order valence-electron chi connectivity index (χ0n) is 14.5. The van der Waals surface area contributed by atoms with Crippen molar-refractivity contribution in [3.05, 3.63) is 47.2 Å². The van der Waals surface area contributed by atoms with Crippen LogP contribution in [0.5, 0.6) is 17.2 Å². The number of nitrogens with zero attached hydrogens (tertiary/aromatic N) is 3. The highest BCUT2D eigenvalue weighted by molar-refractivity contribution is 6.33. The quantitative estimate of drug-likeness (QED) is 0.524. The summed E-state index contributed by atoms with van der Waals surface area (Å²) >= 11 is 6.13. The summed E-state index contributed by atoms with van der Waals surface area (Å²) in [6, 6.07) is 9.15. The van der Waals surface area contributed by atoms with E-state index in [0.29, 0.717) is 39.0 Å². The molecule has 2 aromatic carbocycles. The highest BCUT2D eigenvalue weighted by Gasteiger charge is 2.19. The fourth-order valence-corrected chi connectivity index (χ4v) is 2.70. The predicted octanol–water partition coefficient (Wildman–Crippen LogP) is 3.76. The van der Waals surface area contributed by atoms with Gasteiger partial charge in [-0.2, -0.15) is 5.10 Å². The van der Waals surface area contributed by atoms with Crippen LogP contribution < -0.4 is 19.6 Å². The average molecular weight is 373 g/mol. The normalized spacial score (nSPS) is 10.9. The molecule has 0 aliphatic carbocycles. The SMILES string of the molecule is COc1cc2ncnc(N/N=C/c3ccccc3Cl)c2c(OC)c1OC. The van der Waals surface area contributed by atoms with Gasteiger partial charge in [0, 0.05) is 16.7 Å². The fourth-order valence-electron chi connectivity index (χ4n) is 2.51. The zero-order valence-corrected chi connectivity index (χ0v) is 15.2. The molecule has 0 aliphatic heterocycles. The largest absolute Gasteiger partial charge is 0.493 e. The molecule has 0 spiro atoms. The minimum atomic E-state index is 0.454. The molecular formula is C18H17ClN4O3. The Hall–Kier alpha value is -3.06. The zero-order chi connectivity index (χ0) is 18.5.